The van der Waals surface area contributed by atoms with E-state index in [2.05, 4.69) is 25.6 Å². The number of nitrogens with one attached hydrogen (secondary N) is 3. The average Bonchev–Trinajstić information content (AvgIpc) is 3.20. The predicted octanol–water partition coefficient (Wildman–Crippen LogP) is 2.44. The first kappa shape index (κ1) is 23.5. The largest absolute Gasteiger partial charge is 0.495 e. The number of sulfonamides is 1. The number of morpholine rings is 1. The van der Waals surface area contributed by atoms with Crippen LogP contribution in [0.3, 0.4) is 0 Å². The summed E-state index contributed by atoms with van der Waals surface area (Å²) in [5, 5.41) is 7.45. The topological polar surface area (TPSA) is 131 Å². The lowest BCUT2D eigenvalue weighted by Gasteiger charge is -2.26. The quantitative estimate of drug-likeness (QED) is 0.382. The van der Waals surface area contributed by atoms with E-state index in [-0.39, 0.29) is 10.8 Å². The molecule has 0 spiro atoms. The minimum absolute atomic E-state index is 0.140. The molecule has 0 saturated carbocycles. The smallest absolute Gasteiger partial charge is 0.243 e. The summed E-state index contributed by atoms with van der Waals surface area (Å²) in [4.78, 5) is 12.2. The van der Waals surface area contributed by atoms with Crippen molar-refractivity contribution in [2.75, 3.05) is 64.3 Å². The Balaban J connectivity index is 1.63. The first-order valence-electron chi connectivity index (χ1n) is 10.2. The molecule has 178 valence electrons. The molecule has 0 amide bonds. The van der Waals surface area contributed by atoms with Gasteiger partial charge in [-0.15, -0.1) is 0 Å². The summed E-state index contributed by atoms with van der Waals surface area (Å²) in [7, 11) is -0.573. The highest BCUT2D eigenvalue weighted by atomic mass is 35.5. The van der Waals surface area contributed by atoms with E-state index in [1.165, 1.54) is 23.5 Å². The number of aromatic amines is 1. The van der Waals surface area contributed by atoms with Gasteiger partial charge in [-0.05, 0) is 12.1 Å². The van der Waals surface area contributed by atoms with Gasteiger partial charge in [-0.3, -0.25) is 0 Å². The Morgan fingerprint density at radius 2 is 2.03 bits per heavy atom. The summed E-state index contributed by atoms with van der Waals surface area (Å²) >= 11 is 6.28. The summed E-state index contributed by atoms with van der Waals surface area (Å²) < 4.78 is 43.2. The number of nitrogens with zero attached hydrogens (tertiary/aromatic N) is 3. The van der Waals surface area contributed by atoms with Crippen molar-refractivity contribution in [3.63, 3.8) is 0 Å². The molecule has 0 unspecified atom stereocenters. The molecule has 3 aromatic rings. The van der Waals surface area contributed by atoms with Crippen LogP contribution >= 0.6 is 11.6 Å². The fraction of sp³-hybridized carbons (Fsp3) is 0.400. The van der Waals surface area contributed by atoms with E-state index in [4.69, 9.17) is 25.8 Å². The lowest BCUT2D eigenvalue weighted by Crippen LogP contribution is -2.40. The number of anilines is 3. The SMILES string of the molecule is COCCNc1nc(Nc2ccc(S(=O)(=O)N3CCOCC3)cc2OC)nc2[nH]cc(Cl)c12. The van der Waals surface area contributed by atoms with Crippen LogP contribution in [0.15, 0.2) is 29.3 Å². The number of methoxy groups -OCH3 is 2. The number of fused-ring (bicyclic) bond motifs is 1. The first-order valence-corrected chi connectivity index (χ1v) is 12.1. The van der Waals surface area contributed by atoms with Crippen molar-refractivity contribution in [2.45, 2.75) is 4.90 Å². The Labute approximate surface area is 196 Å². The number of benzene rings is 1. The van der Waals surface area contributed by atoms with Crippen molar-refractivity contribution in [3.05, 3.63) is 29.4 Å². The fourth-order valence-corrected chi connectivity index (χ4v) is 5.10. The first-order chi connectivity index (χ1) is 15.9. The van der Waals surface area contributed by atoms with Gasteiger partial charge in [0, 0.05) is 39.0 Å². The second-order valence-corrected chi connectivity index (χ2v) is 9.52. The van der Waals surface area contributed by atoms with Crippen LogP contribution in [0.2, 0.25) is 5.02 Å². The zero-order valence-corrected chi connectivity index (χ0v) is 19.8. The molecule has 0 bridgehead atoms. The van der Waals surface area contributed by atoms with Crippen LogP contribution in [0.1, 0.15) is 0 Å². The molecule has 3 heterocycles. The molecule has 13 heteroatoms. The maximum Gasteiger partial charge on any atom is 0.243 e. The van der Waals surface area contributed by atoms with Gasteiger partial charge in [-0.25, -0.2) is 8.42 Å². The van der Waals surface area contributed by atoms with Gasteiger partial charge < -0.3 is 29.8 Å². The Hall–Kier alpha value is -2.64. The zero-order valence-electron chi connectivity index (χ0n) is 18.2. The Bertz CT molecular complexity index is 1230. The predicted molar refractivity (Wildman–Crippen MR) is 125 cm³/mol. The second kappa shape index (κ2) is 10.1. The van der Waals surface area contributed by atoms with Gasteiger partial charge in [0.2, 0.25) is 16.0 Å². The standard InChI is InChI=1S/C20H25ClN6O5S/c1-30-8-5-22-18-17-14(21)12-23-19(17)26-20(25-18)24-15-4-3-13(11-16(15)31-2)33(28,29)27-6-9-32-10-7-27/h3-4,11-12H,5-10H2,1-2H3,(H3,22,23,24,25,26). The van der Waals surface area contributed by atoms with Crippen LogP contribution in [0.4, 0.5) is 17.5 Å². The molecule has 3 N–H and O–H groups in total. The van der Waals surface area contributed by atoms with E-state index >= 15 is 0 Å². The molecule has 33 heavy (non-hydrogen) atoms. The Morgan fingerprint density at radius 1 is 1.24 bits per heavy atom. The Kier molecular flexibility index (Phi) is 7.20. The van der Waals surface area contributed by atoms with Crippen molar-refractivity contribution in [2.24, 2.45) is 0 Å². The van der Waals surface area contributed by atoms with Crippen LogP contribution in [0.25, 0.3) is 11.0 Å². The summed E-state index contributed by atoms with van der Waals surface area (Å²) in [5.74, 6) is 1.16. The lowest BCUT2D eigenvalue weighted by molar-refractivity contribution is 0.0730. The van der Waals surface area contributed by atoms with E-state index in [1.54, 1.807) is 19.4 Å². The summed E-state index contributed by atoms with van der Waals surface area (Å²) in [5.41, 5.74) is 1.06. The van der Waals surface area contributed by atoms with E-state index in [1.807, 2.05) is 0 Å². The van der Waals surface area contributed by atoms with E-state index in [9.17, 15) is 8.42 Å². The normalized spacial score (nSPS) is 15.0. The third kappa shape index (κ3) is 4.99. The van der Waals surface area contributed by atoms with Crippen LogP contribution in [0.5, 0.6) is 5.75 Å². The molecule has 1 aliphatic heterocycles. The minimum atomic E-state index is -3.66. The van der Waals surface area contributed by atoms with Gasteiger partial charge in [0.1, 0.15) is 17.2 Å². The third-order valence-electron chi connectivity index (χ3n) is 5.11. The highest BCUT2D eigenvalue weighted by Gasteiger charge is 2.27. The molecule has 2 aromatic heterocycles. The molecule has 1 aliphatic rings. The second-order valence-electron chi connectivity index (χ2n) is 7.18. The molecule has 11 nitrogen and oxygen atoms in total. The fourth-order valence-electron chi connectivity index (χ4n) is 3.44. The van der Waals surface area contributed by atoms with Crippen LogP contribution < -0.4 is 15.4 Å². The van der Waals surface area contributed by atoms with Gasteiger partial charge in [0.25, 0.3) is 0 Å². The van der Waals surface area contributed by atoms with E-state index in [0.29, 0.717) is 72.8 Å². The maximum absolute atomic E-state index is 13.0. The molecular weight excluding hydrogens is 472 g/mol. The van der Waals surface area contributed by atoms with Crippen molar-refractivity contribution in [3.8, 4) is 5.75 Å². The number of H-pyrrole nitrogens is 1. The lowest BCUT2D eigenvalue weighted by atomic mass is 10.3. The van der Waals surface area contributed by atoms with Gasteiger partial charge in [-0.1, -0.05) is 11.6 Å². The molecule has 0 radical (unpaired) electrons. The van der Waals surface area contributed by atoms with Crippen LogP contribution in [-0.4, -0.2) is 81.3 Å². The number of rotatable bonds is 9. The maximum atomic E-state index is 13.0. The monoisotopic (exact) mass is 496 g/mol. The molecule has 1 fully saturated rings. The third-order valence-corrected chi connectivity index (χ3v) is 7.30. The van der Waals surface area contributed by atoms with Gasteiger partial charge >= 0.3 is 0 Å². The van der Waals surface area contributed by atoms with Crippen LogP contribution in [0, 0.1) is 0 Å². The summed E-state index contributed by atoms with van der Waals surface area (Å²) in [6.45, 7) is 2.40. The number of hydrogen-bond acceptors (Lipinski definition) is 9. The van der Waals surface area contributed by atoms with Crippen molar-refractivity contribution < 1.29 is 22.6 Å². The minimum Gasteiger partial charge on any atom is -0.495 e. The van der Waals surface area contributed by atoms with E-state index < -0.39 is 10.0 Å². The van der Waals surface area contributed by atoms with Crippen molar-refractivity contribution in [1.82, 2.24) is 19.3 Å². The molecule has 1 saturated heterocycles. The molecule has 1 aromatic carbocycles. The van der Waals surface area contributed by atoms with Gasteiger partial charge in [0.15, 0.2) is 0 Å². The van der Waals surface area contributed by atoms with Crippen molar-refractivity contribution in [1.29, 1.82) is 0 Å². The number of aromatic nitrogens is 3. The van der Waals surface area contributed by atoms with Gasteiger partial charge in [-0.2, -0.15) is 14.3 Å². The van der Waals surface area contributed by atoms with Crippen LogP contribution in [-0.2, 0) is 19.5 Å². The molecule has 4 rings (SSSR count). The number of ether oxygens (including phenoxy) is 3. The summed E-state index contributed by atoms with van der Waals surface area (Å²) in [6, 6.07) is 4.63. The van der Waals surface area contributed by atoms with Gasteiger partial charge in [0.05, 0.1) is 47.9 Å². The summed E-state index contributed by atoms with van der Waals surface area (Å²) in [6.07, 6.45) is 1.64. The average molecular weight is 497 g/mol. The van der Waals surface area contributed by atoms with Crippen molar-refractivity contribution >= 4 is 50.1 Å². The molecule has 0 atom stereocenters. The highest BCUT2D eigenvalue weighted by molar-refractivity contribution is 7.89. The highest BCUT2D eigenvalue weighted by Crippen LogP contribution is 2.33. The Morgan fingerprint density at radius 3 is 2.76 bits per heavy atom. The van der Waals surface area contributed by atoms with E-state index in [0.717, 1.165) is 0 Å². The number of hydrogen-bond donors (Lipinski definition) is 3. The molecule has 0 aliphatic carbocycles. The zero-order chi connectivity index (χ0) is 23.4. The number of halogens is 1. The molecular formula is C20H25ClN6O5S.